The van der Waals surface area contributed by atoms with Gasteiger partial charge < -0.3 is 0 Å². The normalized spacial score (nSPS) is 11.3. The Kier molecular flexibility index (Phi) is 5.67. The number of fused-ring (bicyclic) bond motifs is 4. The van der Waals surface area contributed by atoms with Gasteiger partial charge in [-0.2, -0.15) is 0 Å². The summed E-state index contributed by atoms with van der Waals surface area (Å²) in [6.45, 7) is 0. The largest absolute Gasteiger partial charge is 0.255 e. The molecule has 0 unspecified atom stereocenters. The van der Waals surface area contributed by atoms with Gasteiger partial charge in [-0.05, 0) is 53.6 Å². The van der Waals surface area contributed by atoms with Crippen molar-refractivity contribution >= 4 is 32.7 Å². The second-order valence-corrected chi connectivity index (χ2v) is 10.0. The zero-order valence-corrected chi connectivity index (χ0v) is 22.4. The van der Waals surface area contributed by atoms with E-state index in [4.69, 9.17) is 15.0 Å². The standard InChI is InChI=1S/C36H22N6/c1-3-20-37-30(9-1)35-32-27(8-5-11-29(32)41-36(42-35)31-10-2-4-21-38-31)23-12-14-24(15-13-23)28-19-18-26-17-16-25-7-6-22-39-33(25)34(26)40-28/h1-22H. The molecule has 0 radical (unpaired) electrons. The smallest absolute Gasteiger partial charge is 0.179 e. The molecule has 8 aromatic rings. The minimum Gasteiger partial charge on any atom is -0.255 e. The zero-order chi connectivity index (χ0) is 27.9. The molecule has 0 aliphatic carbocycles. The molecule has 196 valence electrons. The van der Waals surface area contributed by atoms with Crippen LogP contribution in [0.1, 0.15) is 0 Å². The predicted octanol–water partition coefficient (Wildman–Crippen LogP) is 8.18. The first-order valence-electron chi connectivity index (χ1n) is 13.7. The summed E-state index contributed by atoms with van der Waals surface area (Å²) in [5.41, 5.74) is 8.97. The van der Waals surface area contributed by atoms with Gasteiger partial charge in [-0.25, -0.2) is 15.0 Å². The van der Waals surface area contributed by atoms with Gasteiger partial charge in [-0.3, -0.25) is 15.0 Å². The molecule has 0 atom stereocenters. The number of hydrogen-bond acceptors (Lipinski definition) is 6. The maximum atomic E-state index is 5.02. The highest BCUT2D eigenvalue weighted by Crippen LogP contribution is 2.36. The Balaban J connectivity index is 1.26. The van der Waals surface area contributed by atoms with E-state index in [2.05, 4.69) is 75.6 Å². The predicted molar refractivity (Wildman–Crippen MR) is 167 cm³/mol. The Morgan fingerprint density at radius 2 is 1.12 bits per heavy atom. The van der Waals surface area contributed by atoms with Crippen molar-refractivity contribution in [2.45, 2.75) is 0 Å². The van der Waals surface area contributed by atoms with Crippen LogP contribution in [0.25, 0.3) is 78.0 Å². The summed E-state index contributed by atoms with van der Waals surface area (Å²) in [6.07, 6.45) is 5.36. The van der Waals surface area contributed by atoms with E-state index in [0.717, 1.165) is 72.2 Å². The third kappa shape index (κ3) is 4.14. The third-order valence-electron chi connectivity index (χ3n) is 7.45. The first-order valence-corrected chi connectivity index (χ1v) is 13.7. The molecular weight excluding hydrogens is 516 g/mol. The third-order valence-corrected chi connectivity index (χ3v) is 7.45. The van der Waals surface area contributed by atoms with Crippen molar-refractivity contribution in [2.75, 3.05) is 0 Å². The topological polar surface area (TPSA) is 77.3 Å². The molecule has 0 amide bonds. The lowest BCUT2D eigenvalue weighted by molar-refractivity contribution is 1.16. The van der Waals surface area contributed by atoms with E-state index in [1.54, 1.807) is 12.4 Å². The van der Waals surface area contributed by atoms with E-state index in [9.17, 15) is 0 Å². The van der Waals surface area contributed by atoms with E-state index >= 15 is 0 Å². The Labute approximate surface area is 241 Å². The van der Waals surface area contributed by atoms with Crippen LogP contribution in [0.5, 0.6) is 0 Å². The highest BCUT2D eigenvalue weighted by molar-refractivity contribution is 6.04. The molecule has 6 nitrogen and oxygen atoms in total. The highest BCUT2D eigenvalue weighted by atomic mass is 14.9. The molecule has 0 aliphatic rings. The van der Waals surface area contributed by atoms with Gasteiger partial charge in [0.2, 0.25) is 0 Å². The molecule has 0 fully saturated rings. The summed E-state index contributed by atoms with van der Waals surface area (Å²) in [4.78, 5) is 28.7. The van der Waals surface area contributed by atoms with Gasteiger partial charge in [0.1, 0.15) is 11.4 Å². The first-order chi connectivity index (χ1) is 20.8. The van der Waals surface area contributed by atoms with Crippen LogP contribution in [0.15, 0.2) is 134 Å². The van der Waals surface area contributed by atoms with Crippen LogP contribution in [-0.2, 0) is 0 Å². The monoisotopic (exact) mass is 538 g/mol. The van der Waals surface area contributed by atoms with E-state index in [1.165, 1.54) is 0 Å². The van der Waals surface area contributed by atoms with E-state index in [0.29, 0.717) is 5.82 Å². The average molecular weight is 539 g/mol. The maximum Gasteiger partial charge on any atom is 0.179 e. The molecule has 5 aromatic heterocycles. The SMILES string of the molecule is c1ccc(-c2nc(-c3ccccn3)c3c(-c4ccc(-c5ccc6ccc7cccnc7c6n5)cc4)cccc3n2)nc1. The summed E-state index contributed by atoms with van der Waals surface area (Å²) in [6, 6.07) is 38.7. The molecule has 0 saturated carbocycles. The molecule has 42 heavy (non-hydrogen) atoms. The van der Waals surface area contributed by atoms with Crippen LogP contribution < -0.4 is 0 Å². The Morgan fingerprint density at radius 3 is 1.90 bits per heavy atom. The van der Waals surface area contributed by atoms with Gasteiger partial charge in [-0.15, -0.1) is 0 Å². The van der Waals surface area contributed by atoms with Crippen molar-refractivity contribution in [3.63, 3.8) is 0 Å². The van der Waals surface area contributed by atoms with Crippen LogP contribution >= 0.6 is 0 Å². The number of hydrogen-bond donors (Lipinski definition) is 0. The summed E-state index contributed by atoms with van der Waals surface area (Å²) < 4.78 is 0. The van der Waals surface area contributed by atoms with E-state index in [-0.39, 0.29) is 0 Å². The fraction of sp³-hybridized carbons (Fsp3) is 0. The van der Waals surface area contributed by atoms with Crippen LogP contribution in [-0.4, -0.2) is 29.9 Å². The lowest BCUT2D eigenvalue weighted by atomic mass is 9.96. The van der Waals surface area contributed by atoms with Crippen molar-refractivity contribution in [1.29, 1.82) is 0 Å². The lowest BCUT2D eigenvalue weighted by Gasteiger charge is -2.13. The second kappa shape index (κ2) is 9.94. The highest BCUT2D eigenvalue weighted by Gasteiger charge is 2.17. The minimum absolute atomic E-state index is 0.570. The van der Waals surface area contributed by atoms with E-state index < -0.39 is 0 Å². The number of rotatable bonds is 4. The fourth-order valence-electron chi connectivity index (χ4n) is 5.43. The maximum absolute atomic E-state index is 5.02. The van der Waals surface area contributed by atoms with Crippen LogP contribution in [0.2, 0.25) is 0 Å². The molecule has 3 aromatic carbocycles. The molecule has 5 heterocycles. The number of pyridine rings is 4. The Bertz CT molecular complexity index is 2230. The van der Waals surface area contributed by atoms with Crippen molar-refractivity contribution in [3.05, 3.63) is 134 Å². The first kappa shape index (κ1) is 24.0. The molecule has 0 bridgehead atoms. The minimum atomic E-state index is 0.570. The van der Waals surface area contributed by atoms with Crippen LogP contribution in [0.3, 0.4) is 0 Å². The summed E-state index contributed by atoms with van der Waals surface area (Å²) >= 11 is 0. The molecule has 0 aliphatic heterocycles. The van der Waals surface area contributed by atoms with Gasteiger partial charge in [0.05, 0.1) is 27.9 Å². The molecule has 8 rings (SSSR count). The van der Waals surface area contributed by atoms with E-state index in [1.807, 2.05) is 60.8 Å². The van der Waals surface area contributed by atoms with Crippen molar-refractivity contribution in [3.8, 4) is 45.3 Å². The van der Waals surface area contributed by atoms with Gasteiger partial charge in [0.15, 0.2) is 5.82 Å². The molecule has 0 spiro atoms. The summed E-state index contributed by atoms with van der Waals surface area (Å²) in [5, 5.41) is 3.10. The number of nitrogens with zero attached hydrogens (tertiary/aromatic N) is 6. The molecule has 6 heteroatoms. The number of benzene rings is 3. The van der Waals surface area contributed by atoms with Crippen molar-refractivity contribution in [2.24, 2.45) is 0 Å². The van der Waals surface area contributed by atoms with Gasteiger partial charge in [-0.1, -0.05) is 72.8 Å². The van der Waals surface area contributed by atoms with Gasteiger partial charge >= 0.3 is 0 Å². The average Bonchev–Trinajstić information content (AvgIpc) is 3.08. The van der Waals surface area contributed by atoms with Gasteiger partial charge in [0.25, 0.3) is 0 Å². The fourth-order valence-corrected chi connectivity index (χ4v) is 5.43. The van der Waals surface area contributed by atoms with Crippen LogP contribution in [0.4, 0.5) is 0 Å². The zero-order valence-electron chi connectivity index (χ0n) is 22.4. The summed E-state index contributed by atoms with van der Waals surface area (Å²) in [5.74, 6) is 0.570. The number of aromatic nitrogens is 6. The quantitative estimate of drug-likeness (QED) is 0.210. The molecular formula is C36H22N6. The van der Waals surface area contributed by atoms with Crippen molar-refractivity contribution in [1.82, 2.24) is 29.9 Å². The lowest BCUT2D eigenvalue weighted by Crippen LogP contribution is -1.98. The summed E-state index contributed by atoms with van der Waals surface area (Å²) in [7, 11) is 0. The van der Waals surface area contributed by atoms with Crippen molar-refractivity contribution < 1.29 is 0 Å². The van der Waals surface area contributed by atoms with Gasteiger partial charge in [0, 0.05) is 40.3 Å². The Morgan fingerprint density at radius 1 is 0.405 bits per heavy atom. The molecule has 0 saturated heterocycles. The van der Waals surface area contributed by atoms with Crippen LogP contribution in [0, 0.1) is 0 Å². The Hall–Kier alpha value is -5.88. The molecule has 0 N–H and O–H groups in total. The second-order valence-electron chi connectivity index (χ2n) is 10.0.